The van der Waals surface area contributed by atoms with Crippen LogP contribution in [0.4, 0.5) is 0 Å². The van der Waals surface area contributed by atoms with Crippen molar-refractivity contribution in [1.29, 1.82) is 0 Å². The summed E-state index contributed by atoms with van der Waals surface area (Å²) in [6, 6.07) is -0.0463. The minimum absolute atomic E-state index is 0.0463. The second-order valence-electron chi connectivity index (χ2n) is 3.20. The van der Waals surface area contributed by atoms with E-state index in [2.05, 4.69) is 10.6 Å². The quantitative estimate of drug-likeness (QED) is 0.575. The second-order valence-corrected chi connectivity index (χ2v) is 3.20. The molecule has 0 amide bonds. The molecule has 2 N–H and O–H groups in total. The van der Waals surface area contributed by atoms with Crippen LogP contribution in [0.2, 0.25) is 0 Å². The molecule has 1 aliphatic rings. The van der Waals surface area contributed by atoms with Crippen molar-refractivity contribution in [3.63, 3.8) is 0 Å². The topological polar surface area (TPSA) is 53.2 Å². The molecule has 0 saturated carbocycles. The zero-order valence-electron chi connectivity index (χ0n) is 7.72. The van der Waals surface area contributed by atoms with Gasteiger partial charge in [-0.2, -0.15) is 5.11 Å². The standard InChI is InChI=1S/C8H17N2O2/c1-9-6-8(11,12-2)7-4-3-5-10-7/h7,9-10H,3-6H2,1-2H3/t7-,8?/m1/s1. The Bertz CT molecular complexity index is 137. The summed E-state index contributed by atoms with van der Waals surface area (Å²) >= 11 is 0. The van der Waals surface area contributed by atoms with Crippen LogP contribution < -0.4 is 10.6 Å². The SMILES string of the molecule is CNCC([O])(OC)[C@H]1CCCN1. The molecule has 4 nitrogen and oxygen atoms in total. The van der Waals surface area contributed by atoms with E-state index in [1.54, 1.807) is 7.05 Å². The van der Waals surface area contributed by atoms with E-state index in [1.807, 2.05) is 0 Å². The summed E-state index contributed by atoms with van der Waals surface area (Å²) in [7, 11) is 3.24. The molecule has 1 aliphatic heterocycles. The van der Waals surface area contributed by atoms with Crippen molar-refractivity contribution in [1.82, 2.24) is 10.6 Å². The normalized spacial score (nSPS) is 28.8. The number of hydrogen-bond donors (Lipinski definition) is 2. The number of nitrogens with one attached hydrogen (secondary N) is 2. The summed E-state index contributed by atoms with van der Waals surface area (Å²) in [4.78, 5) is 0. The lowest BCUT2D eigenvalue weighted by Gasteiger charge is -2.29. The third kappa shape index (κ3) is 1.95. The van der Waals surface area contributed by atoms with Gasteiger partial charge >= 0.3 is 0 Å². The highest BCUT2D eigenvalue weighted by molar-refractivity contribution is 4.88. The van der Waals surface area contributed by atoms with Crippen LogP contribution in [0.1, 0.15) is 12.8 Å². The molecule has 0 bridgehead atoms. The number of rotatable bonds is 4. The first-order valence-corrected chi connectivity index (χ1v) is 4.36. The molecule has 12 heavy (non-hydrogen) atoms. The molecule has 1 rings (SSSR count). The van der Waals surface area contributed by atoms with Gasteiger partial charge in [-0.1, -0.05) is 0 Å². The van der Waals surface area contributed by atoms with Gasteiger partial charge in [0, 0.05) is 7.11 Å². The van der Waals surface area contributed by atoms with Crippen molar-refractivity contribution >= 4 is 0 Å². The Balaban J connectivity index is 2.51. The zero-order valence-corrected chi connectivity index (χ0v) is 7.72. The smallest absolute Gasteiger partial charge is 0.229 e. The summed E-state index contributed by atoms with van der Waals surface area (Å²) in [5, 5.41) is 17.9. The number of hydrogen-bond acceptors (Lipinski definition) is 3. The molecule has 1 unspecified atom stereocenters. The molecule has 0 spiro atoms. The van der Waals surface area contributed by atoms with Gasteiger partial charge in [0.15, 0.2) is 0 Å². The first kappa shape index (κ1) is 9.92. The molecule has 0 aromatic rings. The van der Waals surface area contributed by atoms with E-state index in [-0.39, 0.29) is 6.04 Å². The van der Waals surface area contributed by atoms with E-state index < -0.39 is 5.79 Å². The Morgan fingerprint density at radius 2 is 2.50 bits per heavy atom. The summed E-state index contributed by atoms with van der Waals surface area (Å²) in [6.07, 6.45) is 1.99. The molecular weight excluding hydrogens is 156 g/mol. The molecule has 0 aliphatic carbocycles. The number of methoxy groups -OCH3 is 1. The lowest BCUT2D eigenvalue weighted by atomic mass is 10.1. The van der Waals surface area contributed by atoms with Gasteiger partial charge in [-0.3, -0.25) is 0 Å². The molecule has 71 valence electrons. The molecule has 1 radical (unpaired) electrons. The van der Waals surface area contributed by atoms with Crippen LogP contribution in [0.5, 0.6) is 0 Å². The van der Waals surface area contributed by atoms with Gasteiger partial charge in [0.1, 0.15) is 0 Å². The van der Waals surface area contributed by atoms with E-state index in [4.69, 9.17) is 4.74 Å². The highest BCUT2D eigenvalue weighted by Gasteiger charge is 2.39. The van der Waals surface area contributed by atoms with E-state index in [1.165, 1.54) is 7.11 Å². The predicted octanol–water partition coefficient (Wildman–Crippen LogP) is -0.269. The lowest BCUT2D eigenvalue weighted by Crippen LogP contribution is -2.53. The second kappa shape index (κ2) is 4.18. The van der Waals surface area contributed by atoms with Crippen molar-refractivity contribution in [2.45, 2.75) is 24.7 Å². The molecule has 0 aromatic carbocycles. The maximum absolute atomic E-state index is 11.9. The Morgan fingerprint density at radius 3 is 2.92 bits per heavy atom. The maximum atomic E-state index is 11.9. The highest BCUT2D eigenvalue weighted by atomic mass is 16.6. The van der Waals surface area contributed by atoms with Crippen LogP contribution in [0.15, 0.2) is 0 Å². The van der Waals surface area contributed by atoms with E-state index in [0.717, 1.165) is 19.4 Å². The summed E-state index contributed by atoms with van der Waals surface area (Å²) in [5.74, 6) is -1.30. The van der Waals surface area contributed by atoms with E-state index >= 15 is 0 Å². The van der Waals surface area contributed by atoms with E-state index in [9.17, 15) is 5.11 Å². The fraction of sp³-hybridized carbons (Fsp3) is 1.00. The average molecular weight is 173 g/mol. The van der Waals surface area contributed by atoms with Gasteiger partial charge in [0.05, 0.1) is 12.6 Å². The zero-order chi connectivity index (χ0) is 9.03. The highest BCUT2D eigenvalue weighted by Crippen LogP contribution is 2.19. The average Bonchev–Trinajstić information content (AvgIpc) is 2.57. The van der Waals surface area contributed by atoms with Gasteiger partial charge in [-0.15, -0.1) is 0 Å². The summed E-state index contributed by atoms with van der Waals surface area (Å²) in [6.45, 7) is 1.28. The minimum Gasteiger partial charge on any atom is -0.349 e. The van der Waals surface area contributed by atoms with Crippen molar-refractivity contribution in [3.05, 3.63) is 0 Å². The van der Waals surface area contributed by atoms with Crippen LogP contribution in [0.3, 0.4) is 0 Å². The molecule has 1 heterocycles. The van der Waals surface area contributed by atoms with Gasteiger partial charge in [0.25, 0.3) is 0 Å². The Kier molecular flexibility index (Phi) is 3.46. The van der Waals surface area contributed by atoms with Gasteiger partial charge < -0.3 is 15.4 Å². The number of likely N-dealkylation sites (N-methyl/N-ethyl adjacent to an activating group) is 1. The van der Waals surface area contributed by atoms with Crippen molar-refractivity contribution < 1.29 is 9.84 Å². The predicted molar refractivity (Wildman–Crippen MR) is 45.4 cm³/mol. The summed E-state index contributed by atoms with van der Waals surface area (Å²) < 4.78 is 4.98. The van der Waals surface area contributed by atoms with Crippen molar-refractivity contribution in [2.24, 2.45) is 0 Å². The first-order chi connectivity index (χ1) is 5.73. The van der Waals surface area contributed by atoms with Gasteiger partial charge in [0.2, 0.25) is 5.79 Å². The Morgan fingerprint density at radius 1 is 1.75 bits per heavy atom. The Hall–Kier alpha value is -0.160. The molecule has 4 heteroatoms. The van der Waals surface area contributed by atoms with Gasteiger partial charge in [-0.05, 0) is 26.4 Å². The van der Waals surface area contributed by atoms with Crippen molar-refractivity contribution in [3.8, 4) is 0 Å². The third-order valence-electron chi connectivity index (χ3n) is 2.36. The lowest BCUT2D eigenvalue weighted by molar-refractivity contribution is -0.236. The van der Waals surface area contributed by atoms with Crippen molar-refractivity contribution in [2.75, 3.05) is 27.2 Å². The number of ether oxygens (including phenoxy) is 1. The van der Waals surface area contributed by atoms with Crippen LogP contribution in [-0.4, -0.2) is 39.1 Å². The largest absolute Gasteiger partial charge is 0.349 e. The third-order valence-corrected chi connectivity index (χ3v) is 2.36. The monoisotopic (exact) mass is 173 g/mol. The molecule has 0 aromatic heterocycles. The molecular formula is C8H17N2O2. The van der Waals surface area contributed by atoms with Crippen LogP contribution in [0, 0.1) is 0 Å². The van der Waals surface area contributed by atoms with Crippen LogP contribution in [0.25, 0.3) is 0 Å². The fourth-order valence-electron chi connectivity index (χ4n) is 1.64. The molecule has 1 fully saturated rings. The van der Waals surface area contributed by atoms with Crippen LogP contribution >= 0.6 is 0 Å². The van der Waals surface area contributed by atoms with E-state index in [0.29, 0.717) is 6.54 Å². The summed E-state index contributed by atoms with van der Waals surface area (Å²) in [5.41, 5.74) is 0. The van der Waals surface area contributed by atoms with Crippen LogP contribution in [-0.2, 0) is 9.84 Å². The maximum Gasteiger partial charge on any atom is 0.229 e. The fourth-order valence-corrected chi connectivity index (χ4v) is 1.64. The first-order valence-electron chi connectivity index (χ1n) is 4.36. The molecule has 2 atom stereocenters. The minimum atomic E-state index is -1.30. The van der Waals surface area contributed by atoms with Gasteiger partial charge in [-0.25, -0.2) is 0 Å². The molecule has 1 saturated heterocycles. The Labute approximate surface area is 73.3 Å².